The molecule has 3 fully saturated rings. The highest BCUT2D eigenvalue weighted by molar-refractivity contribution is 5.76. The normalized spacial score (nSPS) is 29.8. The maximum Gasteiger partial charge on any atom is 0.220 e. The largest absolute Gasteiger partial charge is 0.394 e. The molecule has 0 aliphatic carbocycles. The van der Waals surface area contributed by atoms with Gasteiger partial charge >= 0.3 is 0 Å². The van der Waals surface area contributed by atoms with Gasteiger partial charge in [-0.25, -0.2) is 0 Å². The fourth-order valence-electron chi connectivity index (χ4n) is 11.3. The second-order valence-electron chi connectivity index (χ2n) is 23.6. The molecule has 17 atom stereocenters. The minimum absolute atomic E-state index is 0.231. The Hall–Kier alpha value is -1.47. The highest BCUT2D eigenvalue weighted by Gasteiger charge is 2.53. The molecule has 0 bridgehead atoms. The Labute approximate surface area is 486 Å². The Balaban J connectivity index is 1.27. The van der Waals surface area contributed by atoms with Crippen molar-refractivity contribution in [2.45, 2.75) is 349 Å². The number of rotatable bonds is 49. The molecule has 17 unspecified atom stereocenters. The summed E-state index contributed by atoms with van der Waals surface area (Å²) in [7, 11) is 0. The lowest BCUT2D eigenvalue weighted by atomic mass is 9.96. The van der Waals surface area contributed by atoms with E-state index in [1.54, 1.807) is 6.08 Å². The molecule has 3 aliphatic rings. The van der Waals surface area contributed by atoms with Crippen LogP contribution in [0.5, 0.6) is 0 Å². The first kappa shape index (κ1) is 73.8. The number of ether oxygens (including phenoxy) is 6. The van der Waals surface area contributed by atoms with Gasteiger partial charge in [-0.3, -0.25) is 4.79 Å². The van der Waals surface area contributed by atoms with E-state index < -0.39 is 124 Å². The quantitative estimate of drug-likeness (QED) is 0.0217. The van der Waals surface area contributed by atoms with Crippen LogP contribution in [0, 0.1) is 0 Å². The predicted molar refractivity (Wildman–Crippen MR) is 310 cm³/mol. The average molecular weight is 1160 g/mol. The summed E-state index contributed by atoms with van der Waals surface area (Å²) in [5, 5.41) is 119. The van der Waals surface area contributed by atoms with Crippen LogP contribution in [0.4, 0.5) is 0 Å². The molecular weight excluding hydrogens is 1050 g/mol. The molecule has 3 heterocycles. The SMILES string of the molecule is CCCCCCCCCCCCCCCCCCCCCCCCCCCCCCCCC/C=C/C(O)C(COC1OC(CO)C(OC2OC(CO)C(OC3OC(CO)C(O)C(O)C3O)C(O)C2O)C(O)C1O)NC(=O)CCCCC. The number of carbonyl (C=O) groups excluding carboxylic acids is 1. The molecule has 0 saturated carbocycles. The number of aliphatic hydroxyl groups excluding tert-OH is 11. The van der Waals surface area contributed by atoms with E-state index in [-0.39, 0.29) is 18.9 Å². The van der Waals surface area contributed by atoms with Crippen molar-refractivity contribution in [1.82, 2.24) is 5.32 Å². The third-order valence-electron chi connectivity index (χ3n) is 16.6. The van der Waals surface area contributed by atoms with Gasteiger partial charge in [0.15, 0.2) is 18.9 Å². The van der Waals surface area contributed by atoms with Gasteiger partial charge in [-0.05, 0) is 19.3 Å². The van der Waals surface area contributed by atoms with Crippen molar-refractivity contribution in [3.05, 3.63) is 12.2 Å². The van der Waals surface area contributed by atoms with E-state index in [1.807, 2.05) is 13.0 Å². The van der Waals surface area contributed by atoms with Gasteiger partial charge in [0.25, 0.3) is 0 Å². The van der Waals surface area contributed by atoms with E-state index in [4.69, 9.17) is 28.4 Å². The smallest absolute Gasteiger partial charge is 0.220 e. The van der Waals surface area contributed by atoms with Gasteiger partial charge in [0, 0.05) is 6.42 Å². The van der Waals surface area contributed by atoms with Gasteiger partial charge in [-0.1, -0.05) is 231 Å². The maximum absolute atomic E-state index is 12.9. The third-order valence-corrected chi connectivity index (χ3v) is 16.6. The van der Waals surface area contributed by atoms with E-state index in [1.165, 1.54) is 180 Å². The lowest BCUT2D eigenvalue weighted by Gasteiger charge is -2.48. The van der Waals surface area contributed by atoms with Crippen molar-refractivity contribution in [2.24, 2.45) is 0 Å². The molecule has 0 radical (unpaired) electrons. The summed E-state index contributed by atoms with van der Waals surface area (Å²) in [4.78, 5) is 12.9. The lowest BCUT2D eigenvalue weighted by molar-refractivity contribution is -0.379. The Morgan fingerprint density at radius 2 is 0.765 bits per heavy atom. The summed E-state index contributed by atoms with van der Waals surface area (Å²) in [6.07, 6.45) is 22.2. The van der Waals surface area contributed by atoms with Gasteiger partial charge < -0.3 is 89.9 Å². The summed E-state index contributed by atoms with van der Waals surface area (Å²) >= 11 is 0. The number of nitrogens with one attached hydrogen (secondary N) is 1. The average Bonchev–Trinajstić information content (AvgIpc) is 3.57. The maximum atomic E-state index is 12.9. The van der Waals surface area contributed by atoms with Crippen LogP contribution >= 0.6 is 0 Å². The van der Waals surface area contributed by atoms with Gasteiger partial charge in [0.1, 0.15) is 73.2 Å². The van der Waals surface area contributed by atoms with E-state index in [9.17, 15) is 61.0 Å². The minimum Gasteiger partial charge on any atom is -0.394 e. The van der Waals surface area contributed by atoms with Crippen LogP contribution in [-0.4, -0.2) is 193 Å². The molecule has 19 heteroatoms. The van der Waals surface area contributed by atoms with Gasteiger partial charge in [0.05, 0.1) is 38.6 Å². The Morgan fingerprint density at radius 3 is 1.16 bits per heavy atom. The van der Waals surface area contributed by atoms with Crippen molar-refractivity contribution in [3.8, 4) is 0 Å². The van der Waals surface area contributed by atoms with Crippen LogP contribution in [0.25, 0.3) is 0 Å². The molecular formula is C62H117NO18. The number of aliphatic hydroxyl groups is 11. The minimum atomic E-state index is -1.97. The van der Waals surface area contributed by atoms with E-state index >= 15 is 0 Å². The fraction of sp³-hybridized carbons (Fsp3) is 0.952. The van der Waals surface area contributed by atoms with Crippen LogP contribution in [0.15, 0.2) is 12.2 Å². The summed E-state index contributed by atoms with van der Waals surface area (Å²) in [6, 6.07) is -0.964. The van der Waals surface area contributed by atoms with Crippen LogP contribution in [0.1, 0.15) is 245 Å². The first-order chi connectivity index (χ1) is 39.3. The van der Waals surface area contributed by atoms with E-state index in [2.05, 4.69) is 12.2 Å². The van der Waals surface area contributed by atoms with Gasteiger partial charge in [-0.2, -0.15) is 0 Å². The van der Waals surface area contributed by atoms with E-state index in [0.717, 1.165) is 38.5 Å². The summed E-state index contributed by atoms with van der Waals surface area (Å²) < 4.78 is 34.0. The number of allylic oxidation sites excluding steroid dienone is 1. The zero-order valence-electron chi connectivity index (χ0n) is 50.0. The van der Waals surface area contributed by atoms with Crippen LogP contribution in [0.2, 0.25) is 0 Å². The highest BCUT2D eigenvalue weighted by Crippen LogP contribution is 2.33. The van der Waals surface area contributed by atoms with Gasteiger partial charge in [0.2, 0.25) is 5.91 Å². The molecule has 0 aromatic rings. The monoisotopic (exact) mass is 1160 g/mol. The fourth-order valence-corrected chi connectivity index (χ4v) is 11.3. The number of hydrogen-bond donors (Lipinski definition) is 12. The van der Waals surface area contributed by atoms with Crippen LogP contribution in [-0.2, 0) is 33.2 Å². The van der Waals surface area contributed by atoms with Crippen molar-refractivity contribution in [1.29, 1.82) is 0 Å². The molecule has 12 N–H and O–H groups in total. The number of carbonyl (C=O) groups is 1. The Morgan fingerprint density at radius 1 is 0.432 bits per heavy atom. The highest BCUT2D eigenvalue weighted by atomic mass is 16.8. The molecule has 0 aromatic heterocycles. The molecule has 3 rings (SSSR count). The predicted octanol–water partition coefficient (Wildman–Crippen LogP) is 6.94. The summed E-state index contributed by atoms with van der Waals surface area (Å²) in [5.41, 5.74) is 0. The standard InChI is InChI=1S/C62H117NO18/c1-3-5-7-8-9-10-11-12-13-14-15-16-17-18-19-20-21-22-23-24-25-26-27-28-29-30-31-32-33-34-35-36-38-39-46(67)45(63-50(68)40-37-6-4-2)44-76-60-56(74)53(71)58(48(42-65)78-60)81-62-57(75)54(72)59(49(43-66)79-62)80-61-55(73)52(70)51(69)47(41-64)77-61/h38-39,45-49,51-62,64-67,69-75H,3-37,40-44H2,1-2H3,(H,63,68)/b39-38+. The zero-order valence-corrected chi connectivity index (χ0v) is 50.0. The molecule has 0 aromatic carbocycles. The third kappa shape index (κ3) is 29.2. The molecule has 0 spiro atoms. The van der Waals surface area contributed by atoms with Crippen molar-refractivity contribution >= 4 is 5.91 Å². The lowest BCUT2D eigenvalue weighted by Crippen LogP contribution is -2.66. The van der Waals surface area contributed by atoms with Crippen molar-refractivity contribution in [2.75, 3.05) is 26.4 Å². The molecule has 3 aliphatic heterocycles. The number of hydrogen-bond acceptors (Lipinski definition) is 18. The van der Waals surface area contributed by atoms with Crippen LogP contribution < -0.4 is 5.32 Å². The summed E-state index contributed by atoms with van der Waals surface area (Å²) in [6.45, 7) is 1.54. The second-order valence-corrected chi connectivity index (χ2v) is 23.6. The first-order valence-corrected chi connectivity index (χ1v) is 32.4. The summed E-state index contributed by atoms with van der Waals surface area (Å²) in [5.74, 6) is -0.298. The van der Waals surface area contributed by atoms with Crippen molar-refractivity contribution in [3.63, 3.8) is 0 Å². The zero-order chi connectivity index (χ0) is 59.0. The number of unbranched alkanes of at least 4 members (excludes halogenated alkanes) is 33. The second kappa shape index (κ2) is 45.8. The number of amides is 1. The van der Waals surface area contributed by atoms with Crippen LogP contribution in [0.3, 0.4) is 0 Å². The molecule has 1 amide bonds. The molecule has 3 saturated heterocycles. The Kier molecular flexibility index (Phi) is 41.7. The molecule has 19 nitrogen and oxygen atoms in total. The molecule has 478 valence electrons. The van der Waals surface area contributed by atoms with E-state index in [0.29, 0.717) is 6.42 Å². The van der Waals surface area contributed by atoms with Crippen molar-refractivity contribution < 1.29 is 89.4 Å². The topological polar surface area (TPSA) is 307 Å². The van der Waals surface area contributed by atoms with Gasteiger partial charge in [-0.15, -0.1) is 0 Å². The Bertz CT molecular complexity index is 1530. The first-order valence-electron chi connectivity index (χ1n) is 32.4. The molecule has 81 heavy (non-hydrogen) atoms.